The van der Waals surface area contributed by atoms with E-state index in [-0.39, 0.29) is 5.69 Å². The number of aryl methyl sites for hydroxylation is 2. The fourth-order valence-corrected chi connectivity index (χ4v) is 1.24. The summed E-state index contributed by atoms with van der Waals surface area (Å²) >= 11 is 0. The van der Waals surface area contributed by atoms with Crippen molar-refractivity contribution in [2.75, 3.05) is 5.73 Å². The van der Waals surface area contributed by atoms with E-state index in [1.165, 1.54) is 4.57 Å². The maximum atomic E-state index is 11.2. The van der Waals surface area contributed by atoms with Crippen molar-refractivity contribution in [1.29, 1.82) is 0 Å². The Labute approximate surface area is 73.4 Å². The van der Waals surface area contributed by atoms with E-state index >= 15 is 0 Å². The minimum atomic E-state index is -0.323. The van der Waals surface area contributed by atoms with Gasteiger partial charge in [0.2, 0.25) is 0 Å². The second-order valence-electron chi connectivity index (χ2n) is 2.86. The van der Waals surface area contributed by atoms with Crippen molar-refractivity contribution in [3.8, 4) is 0 Å². The molecule has 2 heterocycles. The van der Waals surface area contributed by atoms with E-state index < -0.39 is 0 Å². The number of hydrogen-bond acceptors (Lipinski definition) is 4. The van der Waals surface area contributed by atoms with Gasteiger partial charge in [0.1, 0.15) is 5.52 Å². The van der Waals surface area contributed by atoms with Gasteiger partial charge in [0, 0.05) is 7.05 Å². The first-order valence-electron chi connectivity index (χ1n) is 3.78. The average Bonchev–Trinajstić information content (AvgIpc) is 2.44. The molecule has 0 bridgehead atoms. The number of nitrogens with zero attached hydrogens (tertiary/aromatic N) is 3. The summed E-state index contributed by atoms with van der Waals surface area (Å²) in [5.74, 6) is 0.293. The fraction of sp³-hybridized carbons (Fsp3) is 0.286. The van der Waals surface area contributed by atoms with Crippen molar-refractivity contribution >= 4 is 17.1 Å². The van der Waals surface area contributed by atoms with E-state index in [2.05, 4.69) is 15.0 Å². The summed E-state index contributed by atoms with van der Waals surface area (Å²) < 4.78 is 1.36. The molecule has 0 saturated carbocycles. The molecule has 0 saturated heterocycles. The van der Waals surface area contributed by atoms with Gasteiger partial charge in [0.15, 0.2) is 11.6 Å². The fourth-order valence-electron chi connectivity index (χ4n) is 1.24. The van der Waals surface area contributed by atoms with Gasteiger partial charge in [-0.2, -0.15) is 9.97 Å². The Balaban J connectivity index is 3.04. The largest absolute Gasteiger partial charge is 0.369 e. The highest BCUT2D eigenvalue weighted by Crippen LogP contribution is 2.11. The number of aromatic amines is 1. The number of fused-ring (bicyclic) bond motifs is 1. The second-order valence-corrected chi connectivity index (χ2v) is 2.86. The minimum Gasteiger partial charge on any atom is -0.369 e. The molecule has 0 atom stereocenters. The third-order valence-electron chi connectivity index (χ3n) is 1.93. The van der Waals surface area contributed by atoms with Gasteiger partial charge in [-0.25, -0.2) is 4.79 Å². The van der Waals surface area contributed by atoms with Crippen LogP contribution in [0.4, 0.5) is 5.95 Å². The second kappa shape index (κ2) is 2.32. The van der Waals surface area contributed by atoms with Crippen LogP contribution < -0.4 is 11.4 Å². The molecule has 0 spiro atoms. The zero-order valence-corrected chi connectivity index (χ0v) is 7.33. The SMILES string of the molecule is Cc1nc(=O)n(C)c2nc(N)[nH]c12. The first-order chi connectivity index (χ1) is 6.09. The Morgan fingerprint density at radius 1 is 1.46 bits per heavy atom. The number of nitrogens with two attached hydrogens (primary N) is 1. The van der Waals surface area contributed by atoms with Gasteiger partial charge in [0.25, 0.3) is 0 Å². The molecular weight excluding hydrogens is 170 g/mol. The van der Waals surface area contributed by atoms with Crippen LogP contribution in [0.15, 0.2) is 4.79 Å². The first kappa shape index (κ1) is 7.78. The summed E-state index contributed by atoms with van der Waals surface area (Å²) in [4.78, 5) is 21.8. The van der Waals surface area contributed by atoms with E-state index in [0.29, 0.717) is 22.8 Å². The predicted molar refractivity (Wildman–Crippen MR) is 48.3 cm³/mol. The molecule has 0 aromatic carbocycles. The highest BCUT2D eigenvalue weighted by atomic mass is 16.1. The summed E-state index contributed by atoms with van der Waals surface area (Å²) in [6, 6.07) is 0. The van der Waals surface area contributed by atoms with Crippen LogP contribution in [0.3, 0.4) is 0 Å². The van der Waals surface area contributed by atoms with Gasteiger partial charge in [0.05, 0.1) is 5.69 Å². The molecule has 6 nitrogen and oxygen atoms in total. The lowest BCUT2D eigenvalue weighted by molar-refractivity contribution is 0.832. The molecule has 0 radical (unpaired) electrons. The molecule has 0 aliphatic carbocycles. The predicted octanol–water partition coefficient (Wildman–Crippen LogP) is -0.453. The van der Waals surface area contributed by atoms with Crippen molar-refractivity contribution in [3.05, 3.63) is 16.2 Å². The molecule has 0 fully saturated rings. The molecule has 2 aromatic rings. The van der Waals surface area contributed by atoms with Crippen molar-refractivity contribution in [3.63, 3.8) is 0 Å². The van der Waals surface area contributed by atoms with E-state index in [1.54, 1.807) is 14.0 Å². The molecule has 2 aromatic heterocycles. The zero-order valence-electron chi connectivity index (χ0n) is 7.33. The summed E-state index contributed by atoms with van der Waals surface area (Å²) in [5.41, 5.74) is 7.00. The molecule has 0 aliphatic rings. The first-order valence-corrected chi connectivity index (χ1v) is 3.78. The topological polar surface area (TPSA) is 89.6 Å². The van der Waals surface area contributed by atoms with Crippen LogP contribution in [0.2, 0.25) is 0 Å². The number of rotatable bonds is 0. The van der Waals surface area contributed by atoms with Crippen LogP contribution in [0.25, 0.3) is 11.2 Å². The number of hydrogen-bond donors (Lipinski definition) is 2. The van der Waals surface area contributed by atoms with Gasteiger partial charge < -0.3 is 10.7 Å². The molecule has 3 N–H and O–H groups in total. The Hall–Kier alpha value is -1.85. The number of anilines is 1. The van der Waals surface area contributed by atoms with Gasteiger partial charge >= 0.3 is 5.69 Å². The zero-order chi connectivity index (χ0) is 9.59. The standard InChI is InChI=1S/C7H9N5O/c1-3-4-5(11-6(8)10-4)12(2)7(13)9-3/h1-2H3,(H3,8,10,11). The summed E-state index contributed by atoms with van der Waals surface area (Å²) in [6.45, 7) is 1.74. The number of nitrogens with one attached hydrogen (secondary N) is 1. The molecule has 2 rings (SSSR count). The van der Waals surface area contributed by atoms with E-state index in [4.69, 9.17) is 5.73 Å². The lowest BCUT2D eigenvalue weighted by Gasteiger charge is -1.98. The Morgan fingerprint density at radius 2 is 2.15 bits per heavy atom. The Morgan fingerprint density at radius 3 is 2.85 bits per heavy atom. The Kier molecular flexibility index (Phi) is 1.39. The molecule has 0 aliphatic heterocycles. The summed E-state index contributed by atoms with van der Waals surface area (Å²) in [5, 5.41) is 0. The number of aromatic nitrogens is 4. The van der Waals surface area contributed by atoms with Crippen LogP contribution in [0.5, 0.6) is 0 Å². The van der Waals surface area contributed by atoms with Crippen LogP contribution in [-0.2, 0) is 7.05 Å². The van der Waals surface area contributed by atoms with E-state index in [9.17, 15) is 4.79 Å². The molecule has 68 valence electrons. The number of H-pyrrole nitrogens is 1. The van der Waals surface area contributed by atoms with Crippen molar-refractivity contribution in [2.24, 2.45) is 7.05 Å². The van der Waals surface area contributed by atoms with Crippen LogP contribution in [0.1, 0.15) is 5.69 Å². The molecule has 0 unspecified atom stereocenters. The Bertz CT molecular complexity index is 523. The van der Waals surface area contributed by atoms with Crippen LogP contribution in [0, 0.1) is 6.92 Å². The smallest absolute Gasteiger partial charge is 0.349 e. The lowest BCUT2D eigenvalue weighted by Crippen LogP contribution is -2.21. The minimum absolute atomic E-state index is 0.293. The van der Waals surface area contributed by atoms with Gasteiger partial charge in [-0.3, -0.25) is 4.57 Å². The molecule has 13 heavy (non-hydrogen) atoms. The van der Waals surface area contributed by atoms with Crippen LogP contribution in [-0.4, -0.2) is 19.5 Å². The molecule has 6 heteroatoms. The van der Waals surface area contributed by atoms with Crippen molar-refractivity contribution in [1.82, 2.24) is 19.5 Å². The third-order valence-corrected chi connectivity index (χ3v) is 1.93. The highest BCUT2D eigenvalue weighted by molar-refractivity contribution is 5.75. The van der Waals surface area contributed by atoms with Crippen LogP contribution >= 0.6 is 0 Å². The summed E-state index contributed by atoms with van der Waals surface area (Å²) in [7, 11) is 1.61. The highest BCUT2D eigenvalue weighted by Gasteiger charge is 2.08. The number of imidazole rings is 1. The molecular formula is C7H9N5O. The monoisotopic (exact) mass is 179 g/mol. The maximum Gasteiger partial charge on any atom is 0.349 e. The normalized spacial score (nSPS) is 10.9. The van der Waals surface area contributed by atoms with E-state index in [1.807, 2.05) is 0 Å². The quantitative estimate of drug-likeness (QED) is 0.573. The third kappa shape index (κ3) is 0.986. The van der Waals surface area contributed by atoms with E-state index in [0.717, 1.165) is 0 Å². The van der Waals surface area contributed by atoms with Crippen molar-refractivity contribution < 1.29 is 0 Å². The van der Waals surface area contributed by atoms with Crippen molar-refractivity contribution in [2.45, 2.75) is 6.92 Å². The average molecular weight is 179 g/mol. The number of nitrogen functional groups attached to an aromatic ring is 1. The lowest BCUT2D eigenvalue weighted by atomic mass is 10.4. The van der Waals surface area contributed by atoms with Gasteiger partial charge in [-0.05, 0) is 6.92 Å². The van der Waals surface area contributed by atoms with Gasteiger partial charge in [-0.15, -0.1) is 0 Å². The summed E-state index contributed by atoms with van der Waals surface area (Å²) in [6.07, 6.45) is 0. The molecule has 0 amide bonds. The maximum absolute atomic E-state index is 11.2. The van der Waals surface area contributed by atoms with Gasteiger partial charge in [-0.1, -0.05) is 0 Å².